The van der Waals surface area contributed by atoms with Crippen molar-refractivity contribution in [3.63, 3.8) is 0 Å². The number of pyridine rings is 2. The van der Waals surface area contributed by atoms with Gasteiger partial charge in [0.2, 0.25) is 0 Å². The molecule has 0 aromatic carbocycles. The smallest absolute Gasteiger partial charge is 0.259 e. The number of H-pyrrole nitrogens is 1. The lowest BCUT2D eigenvalue weighted by atomic mass is 9.89. The zero-order valence-electron chi connectivity index (χ0n) is 46.8. The van der Waals surface area contributed by atoms with Crippen molar-refractivity contribution in [1.82, 2.24) is 9.55 Å². The lowest BCUT2D eigenvalue weighted by molar-refractivity contribution is 0.400. The van der Waals surface area contributed by atoms with Gasteiger partial charge in [0.1, 0.15) is 0 Å². The fourth-order valence-electron chi connectivity index (χ4n) is 11.2. The fourth-order valence-corrected chi connectivity index (χ4v) is 14.6. The Bertz CT molecular complexity index is 2130. The van der Waals surface area contributed by atoms with E-state index < -0.39 is 0 Å². The molecule has 8 heteroatoms. The van der Waals surface area contributed by atoms with Gasteiger partial charge in [-0.15, -0.1) is 22.7 Å². The first kappa shape index (κ1) is 63.1. The van der Waals surface area contributed by atoms with Crippen molar-refractivity contribution < 1.29 is 0 Å². The van der Waals surface area contributed by atoms with Crippen molar-refractivity contribution >= 4 is 65.6 Å². The molecule has 0 aliphatic heterocycles. The van der Waals surface area contributed by atoms with Crippen LogP contribution in [0.2, 0.25) is 0 Å². The molecule has 2 atom stereocenters. The van der Waals surface area contributed by atoms with E-state index in [1.807, 2.05) is 16.7 Å². The number of aryl methyl sites for hydroxylation is 1. The monoisotopic (exact) mass is 1150 g/mol. The van der Waals surface area contributed by atoms with Gasteiger partial charge in [0.15, 0.2) is 0 Å². The Morgan fingerprint density at radius 1 is 0.431 bits per heavy atom. The molecule has 0 saturated carbocycles. The van der Waals surface area contributed by atoms with Crippen LogP contribution < -0.4 is 11.1 Å². The van der Waals surface area contributed by atoms with Crippen LogP contribution in [0.25, 0.3) is 31.9 Å². The molecule has 0 spiro atoms. The molecule has 408 valence electrons. The summed E-state index contributed by atoms with van der Waals surface area (Å²) < 4.78 is 4.30. The van der Waals surface area contributed by atoms with Crippen LogP contribution in [0.3, 0.4) is 0 Å². The SMILES string of the molecule is CCCCCCCCCCC(CCCCCCCC)Cc1cc(-c2cc3c(cc(-c4cc(CC(CCCCCCCC)CCCCCCCCCC)c(Br)s4)c(=O)n3CCCCCCCC)[nH]c2=O)sc1Br. The minimum absolute atomic E-state index is 0.0588. The standard InChI is InChI=1S/C64H104Br2N2O2S2/c1-6-11-16-21-26-28-32-37-42-51(40-35-30-23-18-13-8-3)45-53-47-59(71-61(53)65)55-50-58-57(67-63(55)69)49-56(64(70)68(58)44-39-34-25-20-15-10-5)60-48-54(62(66)72-60)46-52(41-36-31-24-19-14-9-4)43-38-33-29-27-22-17-12-7-2/h47-52H,6-46H2,1-5H3,(H,67,69). The number of aromatic nitrogens is 2. The summed E-state index contributed by atoms with van der Waals surface area (Å²) in [7, 11) is 0. The van der Waals surface area contributed by atoms with Gasteiger partial charge in [-0.05, 0) is 98.4 Å². The second-order valence-corrected chi connectivity index (χ2v) is 26.9. The van der Waals surface area contributed by atoms with Crippen molar-refractivity contribution in [3.05, 3.63) is 63.7 Å². The number of fused-ring (bicyclic) bond motifs is 1. The summed E-state index contributed by atoms with van der Waals surface area (Å²) in [4.78, 5) is 34.6. The fraction of sp³-hybridized carbons (Fsp3) is 0.750. The third-order valence-corrected chi connectivity index (χ3v) is 19.8. The van der Waals surface area contributed by atoms with E-state index in [1.165, 1.54) is 242 Å². The normalized spacial score (nSPS) is 12.7. The largest absolute Gasteiger partial charge is 0.320 e. The third-order valence-electron chi connectivity index (χ3n) is 15.8. The zero-order chi connectivity index (χ0) is 51.6. The number of hydrogen-bond acceptors (Lipinski definition) is 4. The molecule has 0 bridgehead atoms. The van der Waals surface area contributed by atoms with Crippen LogP contribution in [0, 0.1) is 11.8 Å². The summed E-state index contributed by atoms with van der Waals surface area (Å²) in [6.45, 7) is 12.1. The summed E-state index contributed by atoms with van der Waals surface area (Å²) in [5.74, 6) is 1.31. The highest BCUT2D eigenvalue weighted by Crippen LogP contribution is 2.40. The van der Waals surface area contributed by atoms with Gasteiger partial charge in [-0.2, -0.15) is 0 Å². The van der Waals surface area contributed by atoms with Crippen molar-refractivity contribution in [3.8, 4) is 20.9 Å². The molecular weight excluding hydrogens is 1050 g/mol. The minimum Gasteiger partial charge on any atom is -0.320 e. The van der Waals surface area contributed by atoms with E-state index in [2.05, 4.69) is 83.6 Å². The summed E-state index contributed by atoms with van der Waals surface area (Å²) in [6.07, 6.45) is 51.9. The number of nitrogens with one attached hydrogen (secondary N) is 1. The van der Waals surface area contributed by atoms with E-state index in [1.54, 1.807) is 22.7 Å². The highest BCUT2D eigenvalue weighted by Gasteiger charge is 2.22. The Morgan fingerprint density at radius 3 is 1.14 bits per heavy atom. The van der Waals surface area contributed by atoms with Gasteiger partial charge >= 0.3 is 0 Å². The lowest BCUT2D eigenvalue weighted by Crippen LogP contribution is -2.24. The van der Waals surface area contributed by atoms with Crippen LogP contribution >= 0.6 is 54.5 Å². The average Bonchev–Trinajstić information content (AvgIpc) is 3.93. The van der Waals surface area contributed by atoms with E-state index in [9.17, 15) is 9.59 Å². The second kappa shape index (κ2) is 39.0. The first-order chi connectivity index (χ1) is 35.2. The van der Waals surface area contributed by atoms with Crippen LogP contribution in [0.1, 0.15) is 290 Å². The number of thiophene rings is 2. The third kappa shape index (κ3) is 23.8. The molecule has 0 amide bonds. The molecule has 4 aromatic rings. The van der Waals surface area contributed by atoms with Crippen molar-refractivity contribution in [1.29, 1.82) is 0 Å². The lowest BCUT2D eigenvalue weighted by Gasteiger charge is -2.17. The molecule has 2 unspecified atom stereocenters. The predicted octanol–water partition coefficient (Wildman–Crippen LogP) is 22.9. The van der Waals surface area contributed by atoms with Crippen molar-refractivity contribution in [2.75, 3.05) is 0 Å². The molecule has 1 N–H and O–H groups in total. The highest BCUT2D eigenvalue weighted by molar-refractivity contribution is 9.11. The van der Waals surface area contributed by atoms with Crippen LogP contribution in [0.4, 0.5) is 0 Å². The molecular formula is C64H104Br2N2O2S2. The van der Waals surface area contributed by atoms with Crippen LogP contribution in [-0.4, -0.2) is 9.55 Å². The Morgan fingerprint density at radius 2 is 0.764 bits per heavy atom. The molecule has 0 aliphatic carbocycles. The van der Waals surface area contributed by atoms with Crippen molar-refractivity contribution in [2.45, 2.75) is 298 Å². The highest BCUT2D eigenvalue weighted by atomic mass is 79.9. The number of aromatic amines is 1. The quantitative estimate of drug-likeness (QED) is 0.0449. The van der Waals surface area contributed by atoms with Gasteiger partial charge in [0.05, 0.1) is 29.7 Å². The number of rotatable bonds is 45. The van der Waals surface area contributed by atoms with Gasteiger partial charge in [0.25, 0.3) is 11.1 Å². The van der Waals surface area contributed by atoms with E-state index in [0.717, 1.165) is 54.0 Å². The van der Waals surface area contributed by atoms with E-state index in [0.29, 0.717) is 29.5 Å². The summed E-state index contributed by atoms with van der Waals surface area (Å²) in [5.41, 5.74) is 5.63. The van der Waals surface area contributed by atoms with Gasteiger partial charge in [0, 0.05) is 16.3 Å². The molecule has 72 heavy (non-hydrogen) atoms. The number of nitrogens with zero attached hydrogens (tertiary/aromatic N) is 1. The molecule has 0 aliphatic rings. The van der Waals surface area contributed by atoms with Crippen LogP contribution in [-0.2, 0) is 19.4 Å². The maximum Gasteiger partial charge on any atom is 0.259 e. The second-order valence-electron chi connectivity index (χ2n) is 22.2. The zero-order valence-corrected chi connectivity index (χ0v) is 51.6. The van der Waals surface area contributed by atoms with Gasteiger partial charge < -0.3 is 9.55 Å². The first-order valence-corrected chi connectivity index (χ1v) is 33.8. The average molecular weight is 1160 g/mol. The topological polar surface area (TPSA) is 54.9 Å². The molecule has 0 radical (unpaired) electrons. The summed E-state index contributed by atoms with van der Waals surface area (Å²) >= 11 is 11.4. The predicted molar refractivity (Wildman–Crippen MR) is 329 cm³/mol. The van der Waals surface area contributed by atoms with Gasteiger partial charge in [-0.3, -0.25) is 9.59 Å². The molecule has 4 rings (SSSR count). The van der Waals surface area contributed by atoms with Gasteiger partial charge in [-0.25, -0.2) is 0 Å². The van der Waals surface area contributed by atoms with Crippen LogP contribution in [0.15, 0.2) is 41.4 Å². The Labute approximate surface area is 466 Å². The molecule has 4 nitrogen and oxygen atoms in total. The maximum absolute atomic E-state index is 14.9. The molecule has 0 fully saturated rings. The molecule has 4 aromatic heterocycles. The van der Waals surface area contributed by atoms with E-state index >= 15 is 0 Å². The van der Waals surface area contributed by atoms with E-state index in [-0.39, 0.29) is 11.1 Å². The van der Waals surface area contributed by atoms with E-state index in [4.69, 9.17) is 0 Å². The van der Waals surface area contributed by atoms with Crippen LogP contribution in [0.5, 0.6) is 0 Å². The number of hydrogen-bond donors (Lipinski definition) is 1. The maximum atomic E-state index is 14.9. The Hall–Kier alpha value is -1.48. The summed E-state index contributed by atoms with van der Waals surface area (Å²) in [6, 6.07) is 8.63. The first-order valence-electron chi connectivity index (χ1n) is 30.6. The molecule has 0 saturated heterocycles. The van der Waals surface area contributed by atoms with Crippen molar-refractivity contribution in [2.24, 2.45) is 11.8 Å². The number of halogens is 2. The Balaban J connectivity index is 1.59. The molecule has 4 heterocycles. The summed E-state index contributed by atoms with van der Waals surface area (Å²) in [5, 5.41) is 0. The minimum atomic E-state index is -0.0763. The Kier molecular flexibility index (Phi) is 34.1. The van der Waals surface area contributed by atoms with Gasteiger partial charge in [-0.1, -0.05) is 272 Å². The number of unbranched alkanes of at least 4 members (excludes halogenated alkanes) is 29.